The maximum absolute atomic E-state index is 12.8. The Balaban J connectivity index is 2.16. The largest absolute Gasteiger partial charge is 0.534 e. The standard InChI is InChI=1S/C20H15F3N2O6S/c1-3-30-19(26)12-4-6-14(7-5-12)25-11-13(10-24)15-8-17(29-2)18(9-16(15)25)31-32(27,28)20(21,22)23/h4-9,11H,3H2,1-2H3. The van der Waals surface area contributed by atoms with Gasteiger partial charge in [0.25, 0.3) is 0 Å². The Hall–Kier alpha value is -3.72. The molecule has 0 saturated heterocycles. The third kappa shape index (κ3) is 4.19. The van der Waals surface area contributed by atoms with Crippen molar-refractivity contribution in [2.75, 3.05) is 13.7 Å². The second-order valence-corrected chi connectivity index (χ2v) is 7.83. The molecule has 0 spiro atoms. The average molecular weight is 468 g/mol. The fourth-order valence-electron chi connectivity index (χ4n) is 2.90. The molecule has 0 N–H and O–H groups in total. The molecule has 3 aromatic rings. The molecule has 1 heterocycles. The molecule has 0 aliphatic carbocycles. The van der Waals surface area contributed by atoms with E-state index in [1.54, 1.807) is 6.92 Å². The number of carbonyl (C=O) groups excluding carboxylic acids is 1. The number of nitrogens with zero attached hydrogens (tertiary/aromatic N) is 2. The third-order valence-electron chi connectivity index (χ3n) is 4.35. The molecule has 12 heteroatoms. The van der Waals surface area contributed by atoms with E-state index in [1.165, 1.54) is 41.1 Å². The smallest absolute Gasteiger partial charge is 0.493 e. The molecule has 3 rings (SSSR count). The van der Waals surface area contributed by atoms with Gasteiger partial charge in [0, 0.05) is 23.3 Å². The van der Waals surface area contributed by atoms with Gasteiger partial charge in [0.2, 0.25) is 0 Å². The molecule has 0 radical (unpaired) electrons. The highest BCUT2D eigenvalue weighted by Crippen LogP contribution is 2.38. The number of esters is 1. The van der Waals surface area contributed by atoms with Gasteiger partial charge >= 0.3 is 21.6 Å². The molecule has 8 nitrogen and oxygen atoms in total. The van der Waals surface area contributed by atoms with E-state index in [1.807, 2.05) is 6.07 Å². The highest BCUT2D eigenvalue weighted by Gasteiger charge is 2.49. The summed E-state index contributed by atoms with van der Waals surface area (Å²) >= 11 is 0. The van der Waals surface area contributed by atoms with E-state index in [9.17, 15) is 31.6 Å². The molecule has 32 heavy (non-hydrogen) atoms. The summed E-state index contributed by atoms with van der Waals surface area (Å²) in [5.74, 6) is -1.55. The molecule has 0 aliphatic rings. The Morgan fingerprint density at radius 1 is 1.16 bits per heavy atom. The van der Waals surface area contributed by atoms with E-state index in [4.69, 9.17) is 9.47 Å². The molecule has 0 bridgehead atoms. The summed E-state index contributed by atoms with van der Waals surface area (Å²) in [6.45, 7) is 1.86. The SMILES string of the molecule is CCOC(=O)c1ccc(-n2cc(C#N)c3cc(OC)c(OS(=O)(=O)C(F)(F)F)cc32)cc1. The van der Waals surface area contributed by atoms with Crippen LogP contribution in [0.15, 0.2) is 42.6 Å². The number of rotatable bonds is 6. The number of methoxy groups -OCH3 is 1. The molecule has 1 aromatic heterocycles. The van der Waals surface area contributed by atoms with E-state index in [0.29, 0.717) is 5.69 Å². The summed E-state index contributed by atoms with van der Waals surface area (Å²) < 4.78 is 76.9. The second-order valence-electron chi connectivity index (χ2n) is 6.30. The van der Waals surface area contributed by atoms with E-state index in [2.05, 4.69) is 4.18 Å². The van der Waals surface area contributed by atoms with Crippen LogP contribution in [0, 0.1) is 11.3 Å². The summed E-state index contributed by atoms with van der Waals surface area (Å²) in [6.07, 6.45) is 1.41. The second kappa shape index (κ2) is 8.43. The lowest BCUT2D eigenvalue weighted by molar-refractivity contribution is -0.0500. The lowest BCUT2D eigenvalue weighted by Gasteiger charge is -2.13. The molecule has 0 aliphatic heterocycles. The van der Waals surface area contributed by atoms with Crippen molar-refractivity contribution in [2.24, 2.45) is 0 Å². The van der Waals surface area contributed by atoms with Crippen molar-refractivity contribution in [3.8, 4) is 23.3 Å². The number of ether oxygens (including phenoxy) is 2. The minimum absolute atomic E-state index is 0.151. The number of alkyl halides is 3. The topological polar surface area (TPSA) is 108 Å². The molecular formula is C20H15F3N2O6S. The van der Waals surface area contributed by atoms with Gasteiger partial charge in [-0.25, -0.2) is 4.79 Å². The van der Waals surface area contributed by atoms with Gasteiger partial charge in [0.1, 0.15) is 6.07 Å². The van der Waals surface area contributed by atoms with Gasteiger partial charge in [-0.1, -0.05) is 0 Å². The Bertz CT molecular complexity index is 1320. The summed E-state index contributed by atoms with van der Waals surface area (Å²) in [4.78, 5) is 11.8. The van der Waals surface area contributed by atoms with Gasteiger partial charge in [-0.15, -0.1) is 0 Å². The first kappa shape index (κ1) is 23.0. The number of halogens is 3. The van der Waals surface area contributed by atoms with Gasteiger partial charge in [-0.05, 0) is 37.3 Å². The first-order valence-electron chi connectivity index (χ1n) is 8.94. The van der Waals surface area contributed by atoms with Crippen molar-refractivity contribution in [3.63, 3.8) is 0 Å². The number of hydrogen-bond acceptors (Lipinski definition) is 7. The average Bonchev–Trinajstić information content (AvgIpc) is 3.09. The lowest BCUT2D eigenvalue weighted by Crippen LogP contribution is -2.28. The van der Waals surface area contributed by atoms with Crippen LogP contribution in [-0.4, -0.2) is 38.2 Å². The fourth-order valence-corrected chi connectivity index (χ4v) is 3.36. The summed E-state index contributed by atoms with van der Waals surface area (Å²) in [7, 11) is -4.84. The highest BCUT2D eigenvalue weighted by molar-refractivity contribution is 7.88. The van der Waals surface area contributed by atoms with Crippen LogP contribution in [0.4, 0.5) is 13.2 Å². The summed E-state index contributed by atoms with van der Waals surface area (Å²) in [6, 6.07) is 10.2. The van der Waals surface area contributed by atoms with Crippen LogP contribution in [0.5, 0.6) is 11.5 Å². The first-order chi connectivity index (χ1) is 15.0. The van der Waals surface area contributed by atoms with Crippen molar-refractivity contribution >= 4 is 27.0 Å². The van der Waals surface area contributed by atoms with Gasteiger partial charge in [-0.3, -0.25) is 0 Å². The number of hydrogen-bond donors (Lipinski definition) is 0. The maximum Gasteiger partial charge on any atom is 0.534 e. The zero-order valence-electron chi connectivity index (χ0n) is 16.6. The molecule has 0 fully saturated rings. The van der Waals surface area contributed by atoms with Crippen LogP contribution in [0.2, 0.25) is 0 Å². The van der Waals surface area contributed by atoms with Crippen molar-refractivity contribution in [3.05, 3.63) is 53.7 Å². The third-order valence-corrected chi connectivity index (χ3v) is 5.32. The Kier molecular flexibility index (Phi) is 6.05. The van der Waals surface area contributed by atoms with E-state index >= 15 is 0 Å². The number of carbonyl (C=O) groups is 1. The zero-order valence-corrected chi connectivity index (χ0v) is 17.5. The first-order valence-corrected chi connectivity index (χ1v) is 10.3. The van der Waals surface area contributed by atoms with Crippen LogP contribution in [0.1, 0.15) is 22.8 Å². The Labute approximate surface area is 180 Å². The lowest BCUT2D eigenvalue weighted by atomic mass is 10.1. The number of fused-ring (bicyclic) bond motifs is 1. The van der Waals surface area contributed by atoms with Crippen molar-refractivity contribution in [2.45, 2.75) is 12.4 Å². The number of nitriles is 1. The highest BCUT2D eigenvalue weighted by atomic mass is 32.2. The number of aromatic nitrogens is 1. The van der Waals surface area contributed by atoms with Crippen molar-refractivity contribution in [1.82, 2.24) is 4.57 Å². The van der Waals surface area contributed by atoms with Crippen LogP contribution in [0.3, 0.4) is 0 Å². The monoisotopic (exact) mass is 468 g/mol. The number of benzene rings is 2. The maximum atomic E-state index is 12.8. The van der Waals surface area contributed by atoms with Crippen LogP contribution in [0.25, 0.3) is 16.6 Å². The molecule has 0 saturated carbocycles. The fraction of sp³-hybridized carbons (Fsp3) is 0.200. The minimum atomic E-state index is -5.95. The van der Waals surface area contributed by atoms with Crippen LogP contribution < -0.4 is 8.92 Å². The van der Waals surface area contributed by atoms with Gasteiger partial charge in [-0.2, -0.15) is 26.9 Å². The zero-order chi connectivity index (χ0) is 23.7. The molecular weight excluding hydrogens is 453 g/mol. The minimum Gasteiger partial charge on any atom is -0.493 e. The van der Waals surface area contributed by atoms with Gasteiger partial charge in [0.05, 0.1) is 30.4 Å². The summed E-state index contributed by atoms with van der Waals surface area (Å²) in [5.41, 5.74) is -4.60. The van der Waals surface area contributed by atoms with Gasteiger partial charge in [0.15, 0.2) is 11.5 Å². The normalized spacial score (nSPS) is 11.8. The predicted octanol–water partition coefficient (Wildman–Crippen LogP) is 3.92. The van der Waals surface area contributed by atoms with E-state index in [0.717, 1.165) is 13.2 Å². The molecule has 0 amide bonds. The predicted molar refractivity (Wildman–Crippen MR) is 106 cm³/mol. The molecule has 0 unspecified atom stereocenters. The van der Waals surface area contributed by atoms with E-state index in [-0.39, 0.29) is 34.4 Å². The van der Waals surface area contributed by atoms with E-state index < -0.39 is 27.3 Å². The molecule has 0 atom stereocenters. The molecule has 168 valence electrons. The van der Waals surface area contributed by atoms with Gasteiger partial charge < -0.3 is 18.2 Å². The van der Waals surface area contributed by atoms with Crippen LogP contribution >= 0.6 is 0 Å². The quantitative estimate of drug-likeness (QED) is 0.307. The van der Waals surface area contributed by atoms with Crippen LogP contribution in [-0.2, 0) is 14.9 Å². The summed E-state index contributed by atoms with van der Waals surface area (Å²) in [5, 5.41) is 9.74. The Morgan fingerprint density at radius 3 is 2.34 bits per heavy atom. The van der Waals surface area contributed by atoms with Crippen molar-refractivity contribution < 1.29 is 40.0 Å². The Morgan fingerprint density at radius 2 is 1.81 bits per heavy atom. The van der Waals surface area contributed by atoms with Crippen molar-refractivity contribution in [1.29, 1.82) is 5.26 Å². The molecule has 2 aromatic carbocycles.